The molecule has 0 aromatic carbocycles. The second-order valence-electron chi connectivity index (χ2n) is 11.2. The van der Waals surface area contributed by atoms with Crippen LogP contribution in [0.25, 0.3) is 0 Å². The van der Waals surface area contributed by atoms with Crippen LogP contribution < -0.4 is 49.5 Å². The zero-order chi connectivity index (χ0) is 32.4. The van der Waals surface area contributed by atoms with Gasteiger partial charge in [-0.2, -0.15) is 0 Å². The standard InChI is InChI=1S/C25H46N10O9/c26-5-1-3-11(27)7-15(38)30-6-2-4-12(28)8-16(39)32-19-20(40)21(44-24(29)42)14(10-36)43-23(19)35-25-33-17-13(37)9-31-22(41)18(17)34-25/h11-14,17-21,23,36-37,40H,1-10,26-28H2,(H2,29,42)(H,30,38)(H,31,41)(H,32,39)(H2,33,34,35)/t11-,12-,13+,14+,17?,18?,19+,20-,21-,23+/m0/s1. The lowest BCUT2D eigenvalue weighted by molar-refractivity contribution is -0.198. The van der Waals surface area contributed by atoms with Crippen molar-refractivity contribution in [2.75, 3.05) is 26.2 Å². The van der Waals surface area contributed by atoms with E-state index in [0.29, 0.717) is 32.4 Å². The molecule has 19 heteroatoms. The lowest BCUT2D eigenvalue weighted by Crippen LogP contribution is -2.70. The van der Waals surface area contributed by atoms with Gasteiger partial charge in [0.2, 0.25) is 17.7 Å². The molecule has 4 amide bonds. The van der Waals surface area contributed by atoms with Gasteiger partial charge in [0.05, 0.1) is 18.8 Å². The van der Waals surface area contributed by atoms with Gasteiger partial charge >= 0.3 is 6.09 Å². The number of aliphatic hydroxyl groups excluding tert-OH is 3. The van der Waals surface area contributed by atoms with Crippen LogP contribution in [0.15, 0.2) is 4.99 Å². The van der Waals surface area contributed by atoms with E-state index in [1.165, 1.54) is 0 Å². The number of aliphatic imine (C=N–C) groups is 1. The summed E-state index contributed by atoms with van der Waals surface area (Å²) < 4.78 is 10.8. The van der Waals surface area contributed by atoms with E-state index in [2.05, 4.69) is 31.6 Å². The van der Waals surface area contributed by atoms with Crippen molar-refractivity contribution >= 4 is 29.8 Å². The Balaban J connectivity index is 1.57. The zero-order valence-electron chi connectivity index (χ0n) is 24.4. The molecular formula is C25H46N10O9. The third-order valence-electron chi connectivity index (χ3n) is 7.59. The molecule has 44 heavy (non-hydrogen) atoms. The number of carbonyl (C=O) groups excluding carboxylic acids is 4. The van der Waals surface area contributed by atoms with Crippen molar-refractivity contribution in [2.24, 2.45) is 27.9 Å². The number of rotatable bonds is 15. The van der Waals surface area contributed by atoms with Gasteiger partial charge in [-0.3, -0.25) is 14.4 Å². The zero-order valence-corrected chi connectivity index (χ0v) is 24.4. The molecule has 3 heterocycles. The highest BCUT2D eigenvalue weighted by atomic mass is 16.6. The van der Waals surface area contributed by atoms with Crippen LogP contribution in [0.4, 0.5) is 4.79 Å². The molecule has 3 rings (SSSR count). The van der Waals surface area contributed by atoms with Crippen molar-refractivity contribution in [3.8, 4) is 0 Å². The van der Waals surface area contributed by atoms with Gasteiger partial charge in [-0.1, -0.05) is 0 Å². The Bertz CT molecular complexity index is 1040. The molecule has 250 valence electrons. The van der Waals surface area contributed by atoms with Crippen LogP contribution in [0.2, 0.25) is 0 Å². The van der Waals surface area contributed by atoms with Crippen LogP contribution in [0.3, 0.4) is 0 Å². The summed E-state index contributed by atoms with van der Waals surface area (Å²) in [4.78, 5) is 52.9. The number of guanidine groups is 1. The molecule has 0 bridgehead atoms. The van der Waals surface area contributed by atoms with Crippen LogP contribution in [0.1, 0.15) is 38.5 Å². The molecule has 2 unspecified atom stereocenters. The second-order valence-corrected chi connectivity index (χ2v) is 11.2. The Morgan fingerprint density at radius 3 is 2.43 bits per heavy atom. The van der Waals surface area contributed by atoms with Crippen molar-refractivity contribution in [2.45, 2.75) is 99.4 Å². The molecule has 0 spiro atoms. The van der Waals surface area contributed by atoms with E-state index in [-0.39, 0.29) is 37.3 Å². The third-order valence-corrected chi connectivity index (χ3v) is 7.59. The normalized spacial score (nSPS) is 31.0. The molecule has 3 aliphatic rings. The first-order valence-corrected chi connectivity index (χ1v) is 14.7. The van der Waals surface area contributed by atoms with Crippen LogP contribution in [0, 0.1) is 0 Å². The van der Waals surface area contributed by atoms with Gasteiger partial charge in [0.1, 0.15) is 18.2 Å². The highest BCUT2D eigenvalue weighted by molar-refractivity contribution is 5.92. The third kappa shape index (κ3) is 9.84. The van der Waals surface area contributed by atoms with E-state index in [1.807, 2.05) is 0 Å². The fraction of sp³-hybridized carbons (Fsp3) is 0.800. The SMILES string of the molecule is NCCC[C@H](N)CC(=O)NCCC[C@H](N)CC(=O)N[C@@H]1[C@H](O)[C@@H](OC(N)=O)[C@@H](CO)O[C@H]1NC1=NC2C(=O)NC[C@@H](O)C2N1. The molecule has 0 aromatic heterocycles. The van der Waals surface area contributed by atoms with Crippen LogP contribution in [-0.2, 0) is 23.9 Å². The number of ether oxygens (including phenoxy) is 2. The summed E-state index contributed by atoms with van der Waals surface area (Å²) in [5.74, 6) is -1.12. The number of amides is 4. The molecule has 10 atom stereocenters. The summed E-state index contributed by atoms with van der Waals surface area (Å²) in [5.41, 5.74) is 22.6. The fourth-order valence-electron chi connectivity index (χ4n) is 5.31. The number of carbonyl (C=O) groups is 4. The molecule has 3 aliphatic heterocycles. The highest BCUT2D eigenvalue weighted by Gasteiger charge is 2.49. The molecule has 0 saturated carbocycles. The molecule has 16 N–H and O–H groups in total. The Morgan fingerprint density at radius 1 is 1.11 bits per heavy atom. The molecule has 19 nitrogen and oxygen atoms in total. The van der Waals surface area contributed by atoms with Gasteiger partial charge in [-0.25, -0.2) is 9.79 Å². The predicted octanol–water partition coefficient (Wildman–Crippen LogP) is -6.14. The summed E-state index contributed by atoms with van der Waals surface area (Å²) in [6.07, 6.45) is -5.37. The van der Waals surface area contributed by atoms with E-state index in [9.17, 15) is 34.5 Å². The van der Waals surface area contributed by atoms with Crippen molar-refractivity contribution < 1.29 is 44.0 Å². The van der Waals surface area contributed by atoms with E-state index in [4.69, 9.17) is 32.4 Å². The highest BCUT2D eigenvalue weighted by Crippen LogP contribution is 2.24. The fourth-order valence-corrected chi connectivity index (χ4v) is 5.31. The quantitative estimate of drug-likeness (QED) is 0.0749. The van der Waals surface area contributed by atoms with Gasteiger partial charge in [-0.05, 0) is 32.2 Å². The molecule has 0 aromatic rings. The van der Waals surface area contributed by atoms with E-state index in [1.54, 1.807) is 0 Å². The summed E-state index contributed by atoms with van der Waals surface area (Å²) in [5, 5.41) is 44.9. The van der Waals surface area contributed by atoms with E-state index in [0.717, 1.165) is 6.42 Å². The Hall–Kier alpha value is -3.33. The number of nitrogens with zero attached hydrogens (tertiary/aromatic N) is 1. The molecule has 0 aliphatic carbocycles. The molecular weight excluding hydrogens is 584 g/mol. The maximum Gasteiger partial charge on any atom is 0.404 e. The maximum absolute atomic E-state index is 13.0. The van der Waals surface area contributed by atoms with E-state index < -0.39 is 79.3 Å². The number of hydrogen-bond acceptors (Lipinski definition) is 15. The smallest absolute Gasteiger partial charge is 0.404 e. The summed E-state index contributed by atoms with van der Waals surface area (Å²) in [7, 11) is 0. The summed E-state index contributed by atoms with van der Waals surface area (Å²) >= 11 is 0. The van der Waals surface area contributed by atoms with Crippen molar-refractivity contribution in [1.29, 1.82) is 0 Å². The summed E-state index contributed by atoms with van der Waals surface area (Å²) in [6, 6.07) is -3.79. The van der Waals surface area contributed by atoms with Gasteiger partial charge in [0.25, 0.3) is 0 Å². The van der Waals surface area contributed by atoms with Crippen LogP contribution in [-0.4, -0.2) is 132 Å². The van der Waals surface area contributed by atoms with Gasteiger partial charge in [-0.15, -0.1) is 0 Å². The number of hydrogen-bond donors (Lipinski definition) is 12. The summed E-state index contributed by atoms with van der Waals surface area (Å²) in [6.45, 7) is 0.203. The predicted molar refractivity (Wildman–Crippen MR) is 154 cm³/mol. The van der Waals surface area contributed by atoms with Gasteiger partial charge in [0, 0.05) is 38.0 Å². The number of nitrogens with one attached hydrogen (secondary N) is 5. The average molecular weight is 631 g/mol. The minimum Gasteiger partial charge on any atom is -0.441 e. The maximum atomic E-state index is 13.0. The lowest BCUT2D eigenvalue weighted by Gasteiger charge is -2.44. The van der Waals surface area contributed by atoms with E-state index >= 15 is 0 Å². The first-order valence-electron chi connectivity index (χ1n) is 14.7. The largest absolute Gasteiger partial charge is 0.441 e. The Morgan fingerprint density at radius 2 is 1.80 bits per heavy atom. The minimum absolute atomic E-state index is 0.0296. The number of fused-ring (bicyclic) bond motifs is 1. The average Bonchev–Trinajstić information content (AvgIpc) is 3.40. The number of primary amides is 1. The van der Waals surface area contributed by atoms with Gasteiger partial charge in [0.15, 0.2) is 24.3 Å². The minimum atomic E-state index is -1.60. The Kier molecular flexibility index (Phi) is 13.3. The molecule has 0 radical (unpaired) electrons. The number of β-amino-alcohol motifs (C(OH)–C–C–N with tert-alkyl or cyclic N) is 1. The van der Waals surface area contributed by atoms with Crippen molar-refractivity contribution in [3.05, 3.63) is 0 Å². The number of piperidine rings is 1. The first-order chi connectivity index (χ1) is 20.9. The topological polar surface area (TPSA) is 324 Å². The van der Waals surface area contributed by atoms with Crippen LogP contribution >= 0.6 is 0 Å². The first kappa shape index (κ1) is 35.2. The van der Waals surface area contributed by atoms with Gasteiger partial charge < -0.3 is 74.3 Å². The Labute approximate surface area is 254 Å². The molecule has 2 fully saturated rings. The number of aliphatic hydroxyl groups is 3. The second kappa shape index (κ2) is 16.7. The van der Waals surface area contributed by atoms with Crippen molar-refractivity contribution in [3.63, 3.8) is 0 Å². The van der Waals surface area contributed by atoms with Crippen LogP contribution in [0.5, 0.6) is 0 Å². The lowest BCUT2D eigenvalue weighted by atomic mass is 9.95. The number of nitrogens with two attached hydrogens (primary N) is 4. The molecule has 2 saturated heterocycles. The van der Waals surface area contributed by atoms with Crippen molar-refractivity contribution in [1.82, 2.24) is 26.6 Å². The monoisotopic (exact) mass is 630 g/mol.